The molecule has 0 aliphatic rings. The molecule has 0 aliphatic heterocycles. The van der Waals surface area contributed by atoms with Crippen molar-refractivity contribution >= 4 is 33.2 Å². The summed E-state index contributed by atoms with van der Waals surface area (Å²) >= 11 is 3.15. The van der Waals surface area contributed by atoms with Crippen molar-refractivity contribution in [3.05, 3.63) is 57.8 Å². The molecule has 4 nitrogen and oxygen atoms in total. The van der Waals surface area contributed by atoms with Crippen LogP contribution in [0.5, 0.6) is 0 Å². The van der Waals surface area contributed by atoms with E-state index in [0.717, 1.165) is 6.07 Å². The Labute approximate surface area is 129 Å². The number of rotatable bonds is 2. The SMILES string of the molecule is CN(C(=O)c1cc(N)c(F)cc1Br)c1ccccc1C#N. The molecule has 0 aromatic heterocycles. The van der Waals surface area contributed by atoms with Gasteiger partial charge in [-0.3, -0.25) is 4.79 Å². The van der Waals surface area contributed by atoms with Gasteiger partial charge in [0.15, 0.2) is 0 Å². The maximum Gasteiger partial charge on any atom is 0.259 e. The first-order valence-corrected chi connectivity index (χ1v) is 6.76. The first kappa shape index (κ1) is 15.0. The zero-order valence-corrected chi connectivity index (χ0v) is 12.7. The van der Waals surface area contributed by atoms with Gasteiger partial charge < -0.3 is 10.6 Å². The Balaban J connectivity index is 2.45. The summed E-state index contributed by atoms with van der Waals surface area (Å²) in [5.41, 5.74) is 6.47. The number of nitrogens with zero attached hydrogens (tertiary/aromatic N) is 2. The maximum absolute atomic E-state index is 13.3. The lowest BCUT2D eigenvalue weighted by atomic mass is 10.1. The molecule has 0 radical (unpaired) electrons. The first-order chi connectivity index (χ1) is 9.95. The highest BCUT2D eigenvalue weighted by Gasteiger charge is 2.20. The summed E-state index contributed by atoms with van der Waals surface area (Å²) in [7, 11) is 1.55. The molecule has 0 saturated heterocycles. The Morgan fingerprint density at radius 1 is 1.38 bits per heavy atom. The first-order valence-electron chi connectivity index (χ1n) is 5.97. The summed E-state index contributed by atoms with van der Waals surface area (Å²) in [5.74, 6) is -0.991. The van der Waals surface area contributed by atoms with Crippen molar-refractivity contribution in [3.63, 3.8) is 0 Å². The Morgan fingerprint density at radius 3 is 2.71 bits per heavy atom. The van der Waals surface area contributed by atoms with Crippen LogP contribution in [-0.2, 0) is 0 Å². The minimum absolute atomic E-state index is 0.108. The van der Waals surface area contributed by atoms with Crippen molar-refractivity contribution in [2.45, 2.75) is 0 Å². The minimum atomic E-state index is -0.599. The number of carbonyl (C=O) groups excluding carboxylic acids is 1. The normalized spacial score (nSPS) is 10.0. The second-order valence-corrected chi connectivity index (χ2v) is 5.20. The van der Waals surface area contributed by atoms with Crippen LogP contribution in [0.1, 0.15) is 15.9 Å². The summed E-state index contributed by atoms with van der Waals surface area (Å²) in [6.07, 6.45) is 0. The highest BCUT2D eigenvalue weighted by Crippen LogP contribution is 2.26. The number of amides is 1. The standard InChI is InChI=1S/C15H11BrFN3O/c1-20(14-5-3-2-4-9(14)8-18)15(21)10-6-13(19)12(17)7-11(10)16/h2-7H,19H2,1H3. The van der Waals surface area contributed by atoms with Gasteiger partial charge in [0.1, 0.15) is 11.9 Å². The quantitative estimate of drug-likeness (QED) is 0.847. The van der Waals surface area contributed by atoms with E-state index in [-0.39, 0.29) is 11.3 Å². The van der Waals surface area contributed by atoms with Crippen LogP contribution in [0.3, 0.4) is 0 Å². The van der Waals surface area contributed by atoms with Crippen molar-refractivity contribution in [3.8, 4) is 6.07 Å². The molecule has 21 heavy (non-hydrogen) atoms. The molecule has 0 heterocycles. The predicted molar refractivity (Wildman–Crippen MR) is 82.4 cm³/mol. The Hall–Kier alpha value is -2.39. The van der Waals surface area contributed by atoms with Crippen molar-refractivity contribution < 1.29 is 9.18 Å². The molecule has 0 atom stereocenters. The minimum Gasteiger partial charge on any atom is -0.396 e. The van der Waals surface area contributed by atoms with Crippen molar-refractivity contribution in [1.29, 1.82) is 5.26 Å². The fourth-order valence-corrected chi connectivity index (χ4v) is 2.37. The molecular formula is C15H11BrFN3O. The monoisotopic (exact) mass is 347 g/mol. The Bertz CT molecular complexity index is 755. The van der Waals surface area contributed by atoms with Gasteiger partial charge in [-0.1, -0.05) is 12.1 Å². The third-order valence-corrected chi connectivity index (χ3v) is 3.66. The molecule has 106 valence electrons. The predicted octanol–water partition coefficient (Wildman–Crippen LogP) is 3.32. The van der Waals surface area contributed by atoms with E-state index < -0.39 is 11.7 Å². The third kappa shape index (κ3) is 2.88. The van der Waals surface area contributed by atoms with Gasteiger partial charge >= 0.3 is 0 Å². The summed E-state index contributed by atoms with van der Waals surface area (Å²) in [6, 6.07) is 11.2. The second kappa shape index (κ2) is 5.94. The Kier molecular flexibility index (Phi) is 4.24. The van der Waals surface area contributed by atoms with E-state index in [1.54, 1.807) is 31.3 Å². The highest BCUT2D eigenvalue weighted by molar-refractivity contribution is 9.10. The van der Waals surface area contributed by atoms with Crippen molar-refractivity contribution in [1.82, 2.24) is 0 Å². The van der Waals surface area contributed by atoms with Gasteiger partial charge in [-0.2, -0.15) is 5.26 Å². The number of anilines is 2. The van der Waals surface area contributed by atoms with E-state index in [1.807, 2.05) is 6.07 Å². The molecule has 2 aromatic rings. The van der Waals surface area contributed by atoms with E-state index >= 15 is 0 Å². The number of nitrogens with two attached hydrogens (primary N) is 1. The fourth-order valence-electron chi connectivity index (χ4n) is 1.88. The molecule has 0 bridgehead atoms. The van der Waals surface area contributed by atoms with Gasteiger partial charge in [0.05, 0.1) is 22.5 Å². The number of benzene rings is 2. The van der Waals surface area contributed by atoms with Gasteiger partial charge in [0.2, 0.25) is 0 Å². The Morgan fingerprint density at radius 2 is 2.05 bits per heavy atom. The van der Waals surface area contributed by atoms with Crippen molar-refractivity contribution in [2.24, 2.45) is 0 Å². The van der Waals surface area contributed by atoms with Crippen LogP contribution in [0.4, 0.5) is 15.8 Å². The average Bonchev–Trinajstić information content (AvgIpc) is 2.49. The summed E-state index contributed by atoms with van der Waals surface area (Å²) in [4.78, 5) is 13.8. The molecule has 0 unspecified atom stereocenters. The molecule has 2 aromatic carbocycles. The second-order valence-electron chi connectivity index (χ2n) is 4.35. The molecule has 0 fully saturated rings. The molecule has 2 N–H and O–H groups in total. The molecule has 0 spiro atoms. The zero-order valence-electron chi connectivity index (χ0n) is 11.1. The lowest BCUT2D eigenvalue weighted by Crippen LogP contribution is -2.27. The van der Waals surface area contributed by atoms with E-state index in [9.17, 15) is 9.18 Å². The molecule has 0 saturated carbocycles. The number of para-hydroxylation sites is 1. The van der Waals surface area contributed by atoms with Gasteiger partial charge in [0, 0.05) is 11.5 Å². The topological polar surface area (TPSA) is 70.1 Å². The largest absolute Gasteiger partial charge is 0.396 e. The van der Waals surface area contributed by atoms with Gasteiger partial charge in [-0.25, -0.2) is 4.39 Å². The van der Waals surface area contributed by atoms with Crippen LogP contribution in [-0.4, -0.2) is 13.0 Å². The lowest BCUT2D eigenvalue weighted by Gasteiger charge is -2.19. The maximum atomic E-state index is 13.3. The molecule has 1 amide bonds. The van der Waals surface area contributed by atoms with Crippen LogP contribution < -0.4 is 10.6 Å². The molecule has 6 heteroatoms. The van der Waals surface area contributed by atoms with Crippen LogP contribution in [0, 0.1) is 17.1 Å². The summed E-state index contributed by atoms with van der Waals surface area (Å²) in [6.45, 7) is 0. The summed E-state index contributed by atoms with van der Waals surface area (Å²) < 4.78 is 13.6. The fraction of sp³-hybridized carbons (Fsp3) is 0.0667. The van der Waals surface area contributed by atoms with Crippen molar-refractivity contribution in [2.75, 3.05) is 17.7 Å². The number of nitriles is 1. The van der Waals surface area contributed by atoms with E-state index in [2.05, 4.69) is 15.9 Å². The van der Waals surface area contributed by atoms with Crippen LogP contribution in [0.15, 0.2) is 40.9 Å². The number of hydrogen-bond acceptors (Lipinski definition) is 3. The number of nitrogen functional groups attached to an aromatic ring is 1. The molecular weight excluding hydrogens is 337 g/mol. The van der Waals surface area contributed by atoms with Gasteiger partial charge in [-0.15, -0.1) is 0 Å². The van der Waals surface area contributed by atoms with E-state index in [4.69, 9.17) is 11.0 Å². The van der Waals surface area contributed by atoms with Crippen LogP contribution >= 0.6 is 15.9 Å². The number of halogens is 2. The third-order valence-electron chi connectivity index (χ3n) is 3.01. The van der Waals surface area contributed by atoms with E-state index in [1.165, 1.54) is 11.0 Å². The van der Waals surface area contributed by atoms with E-state index in [0.29, 0.717) is 15.7 Å². The lowest BCUT2D eigenvalue weighted by molar-refractivity contribution is 0.0992. The average molecular weight is 348 g/mol. The number of carbonyl (C=O) groups is 1. The van der Waals surface area contributed by atoms with Gasteiger partial charge in [-0.05, 0) is 40.2 Å². The van der Waals surface area contributed by atoms with Gasteiger partial charge in [0.25, 0.3) is 5.91 Å². The highest BCUT2D eigenvalue weighted by atomic mass is 79.9. The number of hydrogen-bond donors (Lipinski definition) is 1. The van der Waals surface area contributed by atoms with Crippen LogP contribution in [0.25, 0.3) is 0 Å². The van der Waals surface area contributed by atoms with Crippen LogP contribution in [0.2, 0.25) is 0 Å². The molecule has 2 rings (SSSR count). The smallest absolute Gasteiger partial charge is 0.259 e. The summed E-state index contributed by atoms with van der Waals surface area (Å²) in [5, 5.41) is 9.09. The zero-order chi connectivity index (χ0) is 15.6. The molecule has 0 aliphatic carbocycles.